The van der Waals surface area contributed by atoms with Crippen molar-refractivity contribution in [2.24, 2.45) is 4.99 Å². The van der Waals surface area contributed by atoms with Crippen molar-refractivity contribution in [3.63, 3.8) is 0 Å². The number of rotatable bonds is 0. The van der Waals surface area contributed by atoms with Crippen LogP contribution in [0.25, 0.3) is 0 Å². The van der Waals surface area contributed by atoms with E-state index in [-0.39, 0.29) is 0 Å². The van der Waals surface area contributed by atoms with Crippen molar-refractivity contribution in [3.8, 4) is 5.88 Å². The molecule has 1 aromatic heterocycles. The van der Waals surface area contributed by atoms with Gasteiger partial charge in [0.05, 0.1) is 6.54 Å². The molecule has 3 nitrogen and oxygen atoms in total. The summed E-state index contributed by atoms with van der Waals surface area (Å²) in [5.41, 5.74) is 0.966. The highest BCUT2D eigenvalue weighted by atomic mass is 16.5. The van der Waals surface area contributed by atoms with Crippen LogP contribution in [0.2, 0.25) is 0 Å². The lowest BCUT2D eigenvalue weighted by Gasteiger charge is -2.06. The van der Waals surface area contributed by atoms with E-state index in [1.54, 1.807) is 24.6 Å². The van der Waals surface area contributed by atoms with Crippen LogP contribution in [-0.2, 0) is 6.54 Å². The number of aromatic nitrogens is 1. The number of hydrogen-bond donors (Lipinski definition) is 0. The minimum Gasteiger partial charge on any atom is -0.439 e. The van der Waals surface area contributed by atoms with E-state index in [0.717, 1.165) is 5.56 Å². The molecule has 0 aromatic carbocycles. The first-order valence-corrected chi connectivity index (χ1v) is 4.33. The minimum absolute atomic E-state index is 0.568. The third kappa shape index (κ3) is 1.88. The molecular formula is C11H10N2O. The van der Waals surface area contributed by atoms with Crippen LogP contribution in [-0.4, -0.2) is 11.2 Å². The molecule has 1 aliphatic rings. The average molecular weight is 186 g/mol. The first-order valence-electron chi connectivity index (χ1n) is 4.33. The van der Waals surface area contributed by atoms with E-state index < -0.39 is 0 Å². The van der Waals surface area contributed by atoms with E-state index in [9.17, 15) is 0 Å². The summed E-state index contributed by atoms with van der Waals surface area (Å²) in [7, 11) is 0. The van der Waals surface area contributed by atoms with E-state index in [0.29, 0.717) is 18.2 Å². The maximum absolute atomic E-state index is 5.44. The Hall–Kier alpha value is -1.90. The summed E-state index contributed by atoms with van der Waals surface area (Å²) in [4.78, 5) is 8.32. The molecule has 0 spiro atoms. The largest absolute Gasteiger partial charge is 0.439 e. The Labute approximate surface area is 82.5 Å². The van der Waals surface area contributed by atoms with Crippen LogP contribution >= 0.6 is 0 Å². The molecule has 1 aromatic rings. The molecule has 0 saturated carbocycles. The Bertz CT molecular complexity index is 408. The first kappa shape index (κ1) is 8.69. The van der Waals surface area contributed by atoms with E-state index >= 15 is 0 Å². The fourth-order valence-corrected chi connectivity index (χ4v) is 1.16. The van der Waals surface area contributed by atoms with Crippen LogP contribution in [0.5, 0.6) is 5.88 Å². The highest BCUT2D eigenvalue weighted by Crippen LogP contribution is 2.18. The number of ether oxygens (including phenoxy) is 1. The normalized spacial score (nSPS) is 17.3. The molecular weight excluding hydrogens is 176 g/mol. The van der Waals surface area contributed by atoms with Gasteiger partial charge in [0.25, 0.3) is 0 Å². The fourth-order valence-electron chi connectivity index (χ4n) is 1.16. The fraction of sp³-hybridized carbons (Fsp3) is 0.0909. The monoisotopic (exact) mass is 186 g/mol. The highest BCUT2D eigenvalue weighted by Gasteiger charge is 2.05. The average Bonchev–Trinajstić information content (AvgIpc) is 2.27. The van der Waals surface area contributed by atoms with Gasteiger partial charge in [0, 0.05) is 18.0 Å². The van der Waals surface area contributed by atoms with Gasteiger partial charge in [-0.2, -0.15) is 0 Å². The third-order valence-electron chi connectivity index (χ3n) is 1.81. The van der Waals surface area contributed by atoms with Crippen molar-refractivity contribution in [2.45, 2.75) is 6.54 Å². The zero-order valence-electron chi connectivity index (χ0n) is 7.68. The molecule has 0 N–H and O–H groups in total. The van der Waals surface area contributed by atoms with Gasteiger partial charge in [-0.05, 0) is 18.2 Å². The van der Waals surface area contributed by atoms with Gasteiger partial charge in [0.1, 0.15) is 5.76 Å². The maximum Gasteiger partial charge on any atom is 0.224 e. The minimum atomic E-state index is 0.568. The van der Waals surface area contributed by atoms with Crippen LogP contribution in [0, 0.1) is 0 Å². The van der Waals surface area contributed by atoms with E-state index in [1.165, 1.54) is 0 Å². The molecule has 0 amide bonds. The summed E-state index contributed by atoms with van der Waals surface area (Å²) in [6.07, 6.45) is 6.98. The Kier molecular flexibility index (Phi) is 2.40. The molecule has 70 valence electrons. The maximum atomic E-state index is 5.44. The van der Waals surface area contributed by atoms with Gasteiger partial charge in [0.2, 0.25) is 5.88 Å². The van der Waals surface area contributed by atoms with Crippen molar-refractivity contribution < 1.29 is 4.74 Å². The third-order valence-corrected chi connectivity index (χ3v) is 1.81. The van der Waals surface area contributed by atoms with E-state index in [4.69, 9.17) is 4.74 Å². The van der Waals surface area contributed by atoms with Gasteiger partial charge in [0.15, 0.2) is 0 Å². The van der Waals surface area contributed by atoms with Gasteiger partial charge in [-0.1, -0.05) is 12.6 Å². The van der Waals surface area contributed by atoms with Crippen molar-refractivity contribution in [3.05, 3.63) is 48.4 Å². The lowest BCUT2D eigenvalue weighted by molar-refractivity contribution is 0.424. The molecule has 14 heavy (non-hydrogen) atoms. The molecule has 2 rings (SSSR count). The van der Waals surface area contributed by atoms with E-state index in [2.05, 4.69) is 16.6 Å². The molecule has 1 aliphatic heterocycles. The topological polar surface area (TPSA) is 34.5 Å². The number of nitrogens with zero attached hydrogens (tertiary/aromatic N) is 2. The molecule has 0 fully saturated rings. The van der Waals surface area contributed by atoms with Crippen LogP contribution in [0.15, 0.2) is 47.8 Å². The van der Waals surface area contributed by atoms with Gasteiger partial charge in [-0.15, -0.1) is 0 Å². The lowest BCUT2D eigenvalue weighted by Crippen LogP contribution is -1.96. The second-order valence-corrected chi connectivity index (χ2v) is 2.88. The molecule has 2 heterocycles. The molecule has 3 heteroatoms. The Morgan fingerprint density at radius 3 is 3.29 bits per heavy atom. The van der Waals surface area contributed by atoms with Crippen molar-refractivity contribution in [1.82, 2.24) is 4.98 Å². The SMILES string of the molecule is C=C1/C=C\C=NCc2cccnc2O1. The zero-order chi connectivity index (χ0) is 9.80. The number of aliphatic imine (C=N–C) groups is 1. The molecule has 0 bridgehead atoms. The van der Waals surface area contributed by atoms with Gasteiger partial charge in [-0.3, -0.25) is 4.99 Å². The predicted octanol–water partition coefficient (Wildman–Crippen LogP) is 2.11. The summed E-state index contributed by atoms with van der Waals surface area (Å²) < 4.78 is 5.44. The summed E-state index contributed by atoms with van der Waals surface area (Å²) in [5, 5.41) is 0. The summed E-state index contributed by atoms with van der Waals surface area (Å²) >= 11 is 0. The van der Waals surface area contributed by atoms with Crippen LogP contribution in [0.4, 0.5) is 0 Å². The molecule has 0 radical (unpaired) electrons. The molecule has 0 aliphatic carbocycles. The molecule has 0 atom stereocenters. The summed E-state index contributed by atoms with van der Waals surface area (Å²) in [6.45, 7) is 4.33. The number of pyridine rings is 1. The Morgan fingerprint density at radius 2 is 2.36 bits per heavy atom. The molecule has 0 unspecified atom stereocenters. The van der Waals surface area contributed by atoms with Crippen molar-refractivity contribution >= 4 is 6.21 Å². The number of allylic oxidation sites excluding steroid dienone is 2. The predicted molar refractivity (Wildman–Crippen MR) is 55.3 cm³/mol. The number of hydrogen-bond acceptors (Lipinski definition) is 3. The first-order chi connectivity index (χ1) is 6.86. The highest BCUT2D eigenvalue weighted by molar-refractivity contribution is 5.71. The quantitative estimate of drug-likeness (QED) is 0.622. The second-order valence-electron chi connectivity index (χ2n) is 2.88. The van der Waals surface area contributed by atoms with Gasteiger partial charge >= 0.3 is 0 Å². The molecule has 0 saturated heterocycles. The van der Waals surface area contributed by atoms with Crippen molar-refractivity contribution in [2.75, 3.05) is 0 Å². The lowest BCUT2D eigenvalue weighted by atomic mass is 10.3. The summed E-state index contributed by atoms with van der Waals surface area (Å²) in [6, 6.07) is 3.81. The second kappa shape index (κ2) is 3.87. The van der Waals surface area contributed by atoms with Crippen LogP contribution in [0.1, 0.15) is 5.56 Å². The van der Waals surface area contributed by atoms with Crippen molar-refractivity contribution in [1.29, 1.82) is 0 Å². The smallest absolute Gasteiger partial charge is 0.224 e. The Balaban J connectivity index is 2.39. The number of fused-ring (bicyclic) bond motifs is 1. The van der Waals surface area contributed by atoms with Gasteiger partial charge < -0.3 is 4.74 Å². The van der Waals surface area contributed by atoms with Crippen LogP contribution in [0.3, 0.4) is 0 Å². The van der Waals surface area contributed by atoms with Crippen LogP contribution < -0.4 is 4.74 Å². The Morgan fingerprint density at radius 1 is 1.43 bits per heavy atom. The zero-order valence-corrected chi connectivity index (χ0v) is 7.68. The van der Waals surface area contributed by atoms with Gasteiger partial charge in [-0.25, -0.2) is 4.98 Å². The standard InChI is InChI=1S/C11H10N2O/c1-9-4-2-6-12-8-10-5-3-7-13-11(10)14-9/h2-7H,1,8H2/b4-2-,12-6?. The van der Waals surface area contributed by atoms with E-state index in [1.807, 2.05) is 12.1 Å². The summed E-state index contributed by atoms with van der Waals surface area (Å²) in [5.74, 6) is 1.15.